The highest BCUT2D eigenvalue weighted by Crippen LogP contribution is 2.35. The van der Waals surface area contributed by atoms with Crippen molar-refractivity contribution in [1.82, 2.24) is 10.2 Å². The number of hydrogen-bond acceptors (Lipinski definition) is 6. The maximum atomic E-state index is 12.7. The van der Waals surface area contributed by atoms with E-state index in [1.54, 1.807) is 30.3 Å². The zero-order chi connectivity index (χ0) is 22.5. The summed E-state index contributed by atoms with van der Waals surface area (Å²) in [6.45, 7) is 1.48. The topological polar surface area (TPSA) is 106 Å². The Morgan fingerprint density at radius 3 is 2.35 bits per heavy atom. The van der Waals surface area contributed by atoms with Gasteiger partial charge in [0.1, 0.15) is 18.0 Å². The molecule has 9 nitrogen and oxygen atoms in total. The predicted octanol–water partition coefficient (Wildman–Crippen LogP) is 2.55. The molecule has 0 saturated carbocycles. The van der Waals surface area contributed by atoms with Gasteiger partial charge in [-0.05, 0) is 36.8 Å². The van der Waals surface area contributed by atoms with Crippen molar-refractivity contribution in [2.45, 2.75) is 6.92 Å². The predicted molar refractivity (Wildman–Crippen MR) is 114 cm³/mol. The molecule has 0 unspecified atom stereocenters. The van der Waals surface area contributed by atoms with Crippen LogP contribution in [-0.2, 0) is 9.59 Å². The van der Waals surface area contributed by atoms with E-state index in [0.717, 1.165) is 10.5 Å². The van der Waals surface area contributed by atoms with Crippen LogP contribution in [0.1, 0.15) is 11.1 Å². The second-order valence-electron chi connectivity index (χ2n) is 6.75. The van der Waals surface area contributed by atoms with Crippen LogP contribution in [0.3, 0.4) is 0 Å². The number of hydrogen-bond donors (Lipinski definition) is 2. The second-order valence-corrected chi connectivity index (χ2v) is 6.75. The molecule has 0 atom stereocenters. The molecule has 1 aliphatic rings. The molecular formula is C22H23N3O6. The van der Waals surface area contributed by atoms with Crippen molar-refractivity contribution in [2.75, 3.05) is 33.2 Å². The van der Waals surface area contributed by atoms with Crippen LogP contribution < -0.4 is 24.8 Å². The van der Waals surface area contributed by atoms with Gasteiger partial charge in [0.2, 0.25) is 5.91 Å². The van der Waals surface area contributed by atoms with E-state index in [1.807, 2.05) is 13.0 Å². The zero-order valence-electron chi connectivity index (χ0n) is 17.6. The summed E-state index contributed by atoms with van der Waals surface area (Å²) in [6.07, 6.45) is 1.46. The number of amides is 4. The van der Waals surface area contributed by atoms with Crippen LogP contribution in [0, 0.1) is 6.92 Å². The molecule has 31 heavy (non-hydrogen) atoms. The Hall–Kier alpha value is -4.01. The van der Waals surface area contributed by atoms with Crippen LogP contribution in [0.5, 0.6) is 17.2 Å². The third-order valence-electron chi connectivity index (χ3n) is 4.60. The zero-order valence-corrected chi connectivity index (χ0v) is 17.6. The van der Waals surface area contributed by atoms with Gasteiger partial charge in [0.25, 0.3) is 5.91 Å². The number of imide groups is 1. The van der Waals surface area contributed by atoms with Crippen molar-refractivity contribution < 1.29 is 28.6 Å². The fourth-order valence-corrected chi connectivity index (χ4v) is 3.10. The summed E-state index contributed by atoms with van der Waals surface area (Å²) in [7, 11) is 4.45. The third kappa shape index (κ3) is 4.77. The van der Waals surface area contributed by atoms with E-state index in [2.05, 4.69) is 10.6 Å². The average Bonchev–Trinajstić information content (AvgIpc) is 3.00. The number of aryl methyl sites for hydroxylation is 1. The fourth-order valence-electron chi connectivity index (χ4n) is 3.10. The van der Waals surface area contributed by atoms with E-state index in [1.165, 1.54) is 27.4 Å². The van der Waals surface area contributed by atoms with Gasteiger partial charge in [-0.3, -0.25) is 9.59 Å². The van der Waals surface area contributed by atoms with E-state index in [-0.39, 0.29) is 5.70 Å². The van der Waals surface area contributed by atoms with E-state index in [0.29, 0.717) is 28.5 Å². The lowest BCUT2D eigenvalue weighted by Gasteiger charge is -2.13. The van der Waals surface area contributed by atoms with Crippen LogP contribution in [0.2, 0.25) is 0 Å². The van der Waals surface area contributed by atoms with Gasteiger partial charge in [-0.2, -0.15) is 0 Å². The van der Waals surface area contributed by atoms with Crippen LogP contribution in [0.4, 0.5) is 10.5 Å². The lowest BCUT2D eigenvalue weighted by Crippen LogP contribution is -2.38. The first kappa shape index (κ1) is 21.7. The normalized spacial score (nSPS) is 14.5. The highest BCUT2D eigenvalue weighted by atomic mass is 16.5. The maximum Gasteiger partial charge on any atom is 0.329 e. The molecule has 162 valence electrons. The fraction of sp³-hybridized carbons (Fsp3) is 0.227. The van der Waals surface area contributed by atoms with Gasteiger partial charge in [-0.1, -0.05) is 12.1 Å². The summed E-state index contributed by atoms with van der Waals surface area (Å²) >= 11 is 0. The third-order valence-corrected chi connectivity index (χ3v) is 4.60. The van der Waals surface area contributed by atoms with Crippen molar-refractivity contribution in [3.8, 4) is 17.2 Å². The number of anilines is 1. The molecular weight excluding hydrogens is 402 g/mol. The summed E-state index contributed by atoms with van der Waals surface area (Å²) < 4.78 is 15.9. The smallest absolute Gasteiger partial charge is 0.329 e. The Morgan fingerprint density at radius 2 is 1.71 bits per heavy atom. The number of urea groups is 1. The van der Waals surface area contributed by atoms with Crippen molar-refractivity contribution in [2.24, 2.45) is 0 Å². The van der Waals surface area contributed by atoms with Gasteiger partial charge in [-0.25, -0.2) is 9.69 Å². The lowest BCUT2D eigenvalue weighted by molar-refractivity contribution is -0.127. The van der Waals surface area contributed by atoms with E-state index in [9.17, 15) is 14.4 Å². The number of ether oxygens (including phenoxy) is 3. The summed E-state index contributed by atoms with van der Waals surface area (Å²) in [5.74, 6) is 0.196. The molecule has 3 rings (SSSR count). The summed E-state index contributed by atoms with van der Waals surface area (Å²) in [5, 5.41) is 5.17. The maximum absolute atomic E-state index is 12.7. The van der Waals surface area contributed by atoms with Gasteiger partial charge < -0.3 is 24.8 Å². The Balaban J connectivity index is 1.79. The minimum absolute atomic E-state index is 0.0128. The molecule has 9 heteroatoms. The quantitative estimate of drug-likeness (QED) is 0.522. The Morgan fingerprint density at radius 1 is 1.03 bits per heavy atom. The van der Waals surface area contributed by atoms with Crippen molar-refractivity contribution in [3.05, 3.63) is 53.2 Å². The van der Waals surface area contributed by atoms with E-state index < -0.39 is 24.4 Å². The molecule has 1 aliphatic heterocycles. The Bertz CT molecular complexity index is 1060. The number of rotatable bonds is 7. The number of carbonyl (C=O) groups excluding carboxylic acids is 3. The number of carbonyl (C=O) groups is 3. The Kier molecular flexibility index (Phi) is 6.44. The molecule has 2 aromatic rings. The first-order chi connectivity index (χ1) is 14.9. The largest absolute Gasteiger partial charge is 0.496 e. The molecule has 0 aromatic heterocycles. The van der Waals surface area contributed by atoms with E-state index in [4.69, 9.17) is 14.2 Å². The molecule has 2 aromatic carbocycles. The molecule has 1 heterocycles. The van der Waals surface area contributed by atoms with Gasteiger partial charge in [-0.15, -0.1) is 0 Å². The molecule has 1 fully saturated rings. The van der Waals surface area contributed by atoms with Gasteiger partial charge in [0, 0.05) is 17.3 Å². The molecule has 1 saturated heterocycles. The molecule has 4 amide bonds. The average molecular weight is 425 g/mol. The molecule has 0 spiro atoms. The van der Waals surface area contributed by atoms with E-state index >= 15 is 0 Å². The van der Waals surface area contributed by atoms with Gasteiger partial charge in [0.15, 0.2) is 11.5 Å². The number of benzene rings is 2. The van der Waals surface area contributed by atoms with Crippen LogP contribution in [-0.4, -0.2) is 50.6 Å². The molecule has 0 bridgehead atoms. The highest BCUT2D eigenvalue weighted by Gasteiger charge is 2.35. The minimum Gasteiger partial charge on any atom is -0.496 e. The summed E-state index contributed by atoms with van der Waals surface area (Å²) in [6, 6.07) is 9.76. The molecule has 2 N–H and O–H groups in total. The number of methoxy groups -OCH3 is 3. The van der Waals surface area contributed by atoms with Gasteiger partial charge in [0.05, 0.1) is 21.3 Å². The van der Waals surface area contributed by atoms with Crippen molar-refractivity contribution >= 4 is 29.6 Å². The number of nitrogens with zero attached hydrogens (tertiary/aromatic N) is 1. The number of nitrogens with one attached hydrogen (secondary N) is 2. The first-order valence-electron chi connectivity index (χ1n) is 9.37. The monoisotopic (exact) mass is 425 g/mol. The van der Waals surface area contributed by atoms with Crippen molar-refractivity contribution in [3.63, 3.8) is 0 Å². The van der Waals surface area contributed by atoms with Crippen LogP contribution >= 0.6 is 0 Å². The molecule has 0 radical (unpaired) electrons. The first-order valence-corrected chi connectivity index (χ1v) is 9.37. The molecule has 0 aliphatic carbocycles. The lowest BCUT2D eigenvalue weighted by atomic mass is 10.1. The summed E-state index contributed by atoms with van der Waals surface area (Å²) in [4.78, 5) is 38.2. The Labute approximate surface area is 179 Å². The van der Waals surface area contributed by atoms with Crippen molar-refractivity contribution in [1.29, 1.82) is 0 Å². The highest BCUT2D eigenvalue weighted by molar-refractivity contribution is 6.16. The van der Waals surface area contributed by atoms with Crippen LogP contribution in [0.25, 0.3) is 6.08 Å². The standard InChI is InChI=1S/C22H23N3O6/c1-13-6-5-7-15(8-13)23-20(26)12-25-21(27)16(24-22(25)28)9-14-10-18(30-3)19(31-4)11-17(14)29-2/h5-11H,12H2,1-4H3,(H,23,26)(H,24,28)/b16-9+. The van der Waals surface area contributed by atoms with Crippen LogP contribution in [0.15, 0.2) is 42.1 Å². The SMILES string of the molecule is COc1cc(OC)c(OC)cc1/C=C1/NC(=O)N(CC(=O)Nc2cccc(C)c2)C1=O. The second kappa shape index (κ2) is 9.21. The minimum atomic E-state index is -0.685. The van der Waals surface area contributed by atoms with Gasteiger partial charge >= 0.3 is 6.03 Å². The summed E-state index contributed by atoms with van der Waals surface area (Å²) in [5.41, 5.74) is 2.07.